The number of nitrogens with one attached hydrogen (secondary N) is 1. The molecule has 1 aromatic carbocycles. The van der Waals surface area contributed by atoms with Crippen molar-refractivity contribution >= 4 is 28.4 Å². The maximum absolute atomic E-state index is 13.5. The van der Waals surface area contributed by atoms with Crippen LogP contribution in [-0.2, 0) is 6.54 Å². The lowest BCUT2D eigenvalue weighted by molar-refractivity contribution is -0.385. The molecule has 0 aliphatic carbocycles. The van der Waals surface area contributed by atoms with Gasteiger partial charge in [-0.2, -0.15) is 0 Å². The zero-order valence-electron chi connectivity index (χ0n) is 9.22. The Labute approximate surface area is 106 Å². The summed E-state index contributed by atoms with van der Waals surface area (Å²) in [5, 5.41) is 15.2. The lowest BCUT2D eigenvalue weighted by Gasteiger charge is -2.06. The molecule has 0 unspecified atom stereocenters. The van der Waals surface area contributed by atoms with E-state index in [2.05, 4.69) is 5.32 Å². The van der Waals surface area contributed by atoms with Gasteiger partial charge in [0.25, 0.3) is 5.69 Å². The van der Waals surface area contributed by atoms with Crippen LogP contribution in [0.1, 0.15) is 4.88 Å². The number of hydrogen-bond acceptors (Lipinski definition) is 5. The molecular weight excluding hydrogens is 257 g/mol. The number of nitrogens with zero attached hydrogens (tertiary/aromatic N) is 1. The summed E-state index contributed by atoms with van der Waals surface area (Å²) >= 11 is 1.46. The van der Waals surface area contributed by atoms with Gasteiger partial charge in [-0.1, -0.05) is 0 Å². The van der Waals surface area contributed by atoms with Crippen LogP contribution in [0.4, 0.5) is 21.5 Å². The minimum absolute atomic E-state index is 0.216. The maximum Gasteiger partial charge on any atom is 0.272 e. The number of non-ortho nitro benzene ring substituents is 1. The number of hydrogen-bond donors (Lipinski definition) is 2. The van der Waals surface area contributed by atoms with E-state index < -0.39 is 10.7 Å². The highest BCUT2D eigenvalue weighted by molar-refractivity contribution is 7.10. The molecule has 1 aromatic heterocycles. The van der Waals surface area contributed by atoms with Crippen molar-refractivity contribution in [1.29, 1.82) is 0 Å². The molecule has 0 saturated heterocycles. The molecule has 0 bridgehead atoms. The highest BCUT2D eigenvalue weighted by atomic mass is 32.1. The highest BCUT2D eigenvalue weighted by Gasteiger charge is 2.10. The summed E-state index contributed by atoms with van der Waals surface area (Å²) < 4.78 is 13.5. The van der Waals surface area contributed by atoms with Gasteiger partial charge in [0.05, 0.1) is 23.2 Å². The van der Waals surface area contributed by atoms with Crippen LogP contribution in [-0.4, -0.2) is 4.92 Å². The third kappa shape index (κ3) is 2.57. The van der Waals surface area contributed by atoms with Gasteiger partial charge in [0.1, 0.15) is 0 Å². The lowest BCUT2D eigenvalue weighted by Crippen LogP contribution is -2.02. The number of benzene rings is 1. The minimum atomic E-state index is -0.653. The van der Waals surface area contributed by atoms with Crippen LogP contribution in [0, 0.1) is 15.9 Å². The van der Waals surface area contributed by atoms with Crippen LogP contribution < -0.4 is 11.1 Å². The fourth-order valence-electron chi connectivity index (χ4n) is 1.43. The van der Waals surface area contributed by atoms with E-state index in [9.17, 15) is 14.5 Å². The van der Waals surface area contributed by atoms with Crippen molar-refractivity contribution in [2.75, 3.05) is 11.1 Å². The van der Waals surface area contributed by atoms with Gasteiger partial charge in [-0.15, -0.1) is 11.3 Å². The third-order valence-corrected chi connectivity index (χ3v) is 3.32. The highest BCUT2D eigenvalue weighted by Crippen LogP contribution is 2.23. The van der Waals surface area contributed by atoms with Crippen LogP contribution in [0.5, 0.6) is 0 Å². The van der Waals surface area contributed by atoms with Gasteiger partial charge in [-0.05, 0) is 17.5 Å². The zero-order chi connectivity index (χ0) is 13.1. The summed E-state index contributed by atoms with van der Waals surface area (Å²) in [5.41, 5.74) is 6.29. The molecule has 2 aromatic rings. The molecule has 2 rings (SSSR count). The van der Waals surface area contributed by atoms with Gasteiger partial charge in [0.2, 0.25) is 0 Å². The fraction of sp³-hybridized carbons (Fsp3) is 0.0909. The van der Waals surface area contributed by atoms with E-state index in [4.69, 9.17) is 5.73 Å². The van der Waals surface area contributed by atoms with Crippen molar-refractivity contribution in [3.63, 3.8) is 0 Å². The van der Waals surface area contributed by atoms with E-state index in [0.29, 0.717) is 12.2 Å². The summed E-state index contributed by atoms with van der Waals surface area (Å²) in [6, 6.07) is 5.26. The molecule has 5 nitrogen and oxygen atoms in total. The quantitative estimate of drug-likeness (QED) is 0.659. The third-order valence-electron chi connectivity index (χ3n) is 2.38. The van der Waals surface area contributed by atoms with Crippen LogP contribution in [0.3, 0.4) is 0 Å². The van der Waals surface area contributed by atoms with Gasteiger partial charge in [0.15, 0.2) is 5.82 Å². The number of anilines is 2. The number of thiophene rings is 1. The fourth-order valence-corrected chi connectivity index (χ4v) is 2.17. The first kappa shape index (κ1) is 12.3. The van der Waals surface area contributed by atoms with Gasteiger partial charge >= 0.3 is 0 Å². The Morgan fingerprint density at radius 1 is 1.44 bits per heavy atom. The molecule has 7 heteroatoms. The molecule has 0 radical (unpaired) electrons. The van der Waals surface area contributed by atoms with E-state index in [1.54, 1.807) is 6.07 Å². The van der Waals surface area contributed by atoms with E-state index in [0.717, 1.165) is 10.9 Å². The van der Waals surface area contributed by atoms with Crippen molar-refractivity contribution in [2.45, 2.75) is 6.54 Å². The number of halogens is 1. The summed E-state index contributed by atoms with van der Waals surface area (Å²) in [5.74, 6) is -0.653. The molecule has 18 heavy (non-hydrogen) atoms. The number of nitrogens with two attached hydrogens (primary N) is 1. The first-order valence-electron chi connectivity index (χ1n) is 5.07. The molecule has 0 atom stereocenters. The van der Waals surface area contributed by atoms with Crippen LogP contribution in [0.2, 0.25) is 0 Å². The van der Waals surface area contributed by atoms with Gasteiger partial charge in [-0.25, -0.2) is 4.39 Å². The molecule has 0 aliphatic heterocycles. The normalized spacial score (nSPS) is 10.3. The van der Waals surface area contributed by atoms with E-state index >= 15 is 0 Å². The van der Waals surface area contributed by atoms with Crippen molar-refractivity contribution in [1.82, 2.24) is 0 Å². The molecule has 0 fully saturated rings. The summed E-state index contributed by atoms with van der Waals surface area (Å²) in [7, 11) is 0. The maximum atomic E-state index is 13.5. The average molecular weight is 267 g/mol. The Bertz CT molecular complexity index is 585. The smallest absolute Gasteiger partial charge is 0.272 e. The monoisotopic (exact) mass is 267 g/mol. The molecule has 0 aliphatic rings. The van der Waals surface area contributed by atoms with E-state index in [-0.39, 0.29) is 11.4 Å². The van der Waals surface area contributed by atoms with Crippen molar-refractivity contribution in [2.24, 2.45) is 0 Å². The predicted molar refractivity (Wildman–Crippen MR) is 69.1 cm³/mol. The minimum Gasteiger partial charge on any atom is -0.398 e. The van der Waals surface area contributed by atoms with Crippen LogP contribution in [0.25, 0.3) is 0 Å². The lowest BCUT2D eigenvalue weighted by atomic mass is 10.2. The Morgan fingerprint density at radius 3 is 2.78 bits per heavy atom. The number of nitro benzene ring substituents is 1. The van der Waals surface area contributed by atoms with Gasteiger partial charge in [-0.3, -0.25) is 10.1 Å². The van der Waals surface area contributed by atoms with Crippen molar-refractivity contribution in [3.05, 3.63) is 50.5 Å². The Morgan fingerprint density at radius 2 is 2.22 bits per heavy atom. The number of rotatable bonds is 4. The zero-order valence-corrected chi connectivity index (χ0v) is 10.0. The second kappa shape index (κ2) is 5.01. The molecule has 0 saturated carbocycles. The van der Waals surface area contributed by atoms with E-state index in [1.165, 1.54) is 23.5 Å². The average Bonchev–Trinajstić information content (AvgIpc) is 2.73. The second-order valence-electron chi connectivity index (χ2n) is 3.57. The predicted octanol–water partition coefficient (Wildman–Crippen LogP) is 2.99. The molecule has 0 amide bonds. The van der Waals surface area contributed by atoms with Crippen LogP contribution >= 0.6 is 11.3 Å². The van der Waals surface area contributed by atoms with Crippen molar-refractivity contribution < 1.29 is 9.31 Å². The molecule has 94 valence electrons. The molecular formula is C11H10FN3O2S. The second-order valence-corrected chi connectivity index (χ2v) is 4.57. The summed E-state index contributed by atoms with van der Waals surface area (Å²) in [6.07, 6.45) is 0. The van der Waals surface area contributed by atoms with Crippen LogP contribution in [0.15, 0.2) is 29.6 Å². The topological polar surface area (TPSA) is 81.2 Å². The SMILES string of the molecule is Nc1ccsc1CNc1ccc([N+](=O)[O-])cc1F. The Balaban J connectivity index is 2.11. The van der Waals surface area contributed by atoms with Gasteiger partial charge in [0, 0.05) is 16.6 Å². The summed E-state index contributed by atoms with van der Waals surface area (Å²) in [4.78, 5) is 10.7. The van der Waals surface area contributed by atoms with Crippen molar-refractivity contribution in [3.8, 4) is 0 Å². The molecule has 3 N–H and O–H groups in total. The first-order valence-corrected chi connectivity index (χ1v) is 5.95. The Hall–Kier alpha value is -2.15. The largest absolute Gasteiger partial charge is 0.398 e. The molecule has 0 spiro atoms. The van der Waals surface area contributed by atoms with E-state index in [1.807, 2.05) is 5.38 Å². The number of nitro groups is 1. The first-order chi connectivity index (χ1) is 8.58. The Kier molecular flexibility index (Phi) is 3.42. The number of nitrogen functional groups attached to an aromatic ring is 1. The summed E-state index contributed by atoms with van der Waals surface area (Å²) in [6.45, 7) is 0.387. The van der Waals surface area contributed by atoms with Gasteiger partial charge < -0.3 is 11.1 Å². The molecule has 1 heterocycles. The standard InChI is InChI=1S/C11H10FN3O2S/c12-8-5-7(15(16)17)1-2-10(8)14-6-11-9(13)3-4-18-11/h1-5,14H,6,13H2.